The van der Waals surface area contributed by atoms with Gasteiger partial charge in [-0.2, -0.15) is 0 Å². The van der Waals surface area contributed by atoms with Crippen LogP contribution < -0.4 is 4.90 Å². The summed E-state index contributed by atoms with van der Waals surface area (Å²) >= 11 is 1.45. The Kier molecular flexibility index (Phi) is 5.49. The lowest BCUT2D eigenvalue weighted by Gasteiger charge is -2.26. The van der Waals surface area contributed by atoms with E-state index in [1.54, 1.807) is 12.1 Å². The van der Waals surface area contributed by atoms with Crippen LogP contribution in [0.3, 0.4) is 0 Å². The molecule has 0 spiro atoms. The van der Waals surface area contributed by atoms with Crippen LogP contribution in [0.25, 0.3) is 0 Å². The Hall–Kier alpha value is -1.79. The third-order valence-corrected chi connectivity index (χ3v) is 5.55. The van der Waals surface area contributed by atoms with Gasteiger partial charge in [-0.1, -0.05) is 13.8 Å². The van der Waals surface area contributed by atoms with Crippen LogP contribution in [-0.4, -0.2) is 28.4 Å². The first-order valence-corrected chi connectivity index (χ1v) is 9.58. The van der Waals surface area contributed by atoms with E-state index < -0.39 is 0 Å². The zero-order chi connectivity index (χ0) is 18.0. The van der Waals surface area contributed by atoms with Crippen LogP contribution in [0.15, 0.2) is 29.6 Å². The molecule has 0 saturated carbocycles. The third-order valence-electron chi connectivity index (χ3n) is 4.68. The average Bonchev–Trinajstić information content (AvgIpc) is 3.19. The molecule has 25 heavy (non-hydrogen) atoms. The number of hydrogen-bond donors (Lipinski definition) is 0. The number of carbonyl (C=O) groups excluding carboxylic acids is 1. The molecule has 2 aromatic rings. The fraction of sp³-hybridized carbons (Fsp3) is 0.474. The molecule has 1 aromatic carbocycles. The molecule has 6 heteroatoms. The van der Waals surface area contributed by atoms with Crippen molar-refractivity contribution < 1.29 is 9.18 Å². The standard InChI is InChI=1S/C19H24FN3OS/c1-13(2)18-5-4-10-22(18)11-16-12-25-19(21-16)23(14(3)24)17-8-6-15(20)7-9-17/h6-9,12-13,18H,4-5,10-11H2,1-3H3/t18-/m1/s1. The summed E-state index contributed by atoms with van der Waals surface area (Å²) in [6.45, 7) is 7.95. The second kappa shape index (κ2) is 7.62. The van der Waals surface area contributed by atoms with Crippen LogP contribution in [0.2, 0.25) is 0 Å². The highest BCUT2D eigenvalue weighted by Crippen LogP contribution is 2.31. The molecule has 0 N–H and O–H groups in total. The summed E-state index contributed by atoms with van der Waals surface area (Å²) in [5, 5.41) is 2.65. The van der Waals surface area contributed by atoms with Gasteiger partial charge in [-0.25, -0.2) is 9.37 Å². The first-order chi connectivity index (χ1) is 12.0. The van der Waals surface area contributed by atoms with Gasteiger partial charge in [0.1, 0.15) is 5.82 Å². The van der Waals surface area contributed by atoms with Crippen LogP contribution in [0, 0.1) is 11.7 Å². The maximum atomic E-state index is 13.2. The summed E-state index contributed by atoms with van der Waals surface area (Å²) in [7, 11) is 0. The fourth-order valence-corrected chi connectivity index (χ4v) is 4.38. The van der Waals surface area contributed by atoms with Gasteiger partial charge in [0.15, 0.2) is 5.13 Å². The number of thiazole rings is 1. The van der Waals surface area contributed by atoms with E-state index >= 15 is 0 Å². The molecule has 3 rings (SSSR count). The van der Waals surface area contributed by atoms with Gasteiger partial charge in [-0.3, -0.25) is 14.6 Å². The quantitative estimate of drug-likeness (QED) is 0.782. The van der Waals surface area contributed by atoms with Crippen LogP contribution in [0.4, 0.5) is 15.2 Å². The van der Waals surface area contributed by atoms with Gasteiger partial charge in [0.25, 0.3) is 0 Å². The lowest BCUT2D eigenvalue weighted by molar-refractivity contribution is -0.115. The van der Waals surface area contributed by atoms with E-state index in [4.69, 9.17) is 0 Å². The second-order valence-electron chi connectivity index (χ2n) is 6.88. The molecule has 0 bridgehead atoms. The van der Waals surface area contributed by atoms with Gasteiger partial charge in [0.05, 0.1) is 11.4 Å². The summed E-state index contributed by atoms with van der Waals surface area (Å²) in [5.74, 6) is 0.183. The van der Waals surface area contributed by atoms with E-state index in [-0.39, 0.29) is 11.7 Å². The Morgan fingerprint density at radius 3 is 2.76 bits per heavy atom. The summed E-state index contributed by atoms with van der Waals surface area (Å²) in [4.78, 5) is 20.8. The van der Waals surface area contributed by atoms with Crippen LogP contribution in [0.5, 0.6) is 0 Å². The van der Waals surface area contributed by atoms with E-state index in [1.165, 1.54) is 48.1 Å². The molecule has 1 aliphatic heterocycles. The topological polar surface area (TPSA) is 36.4 Å². The Labute approximate surface area is 152 Å². The third kappa shape index (κ3) is 4.07. The summed E-state index contributed by atoms with van der Waals surface area (Å²) in [6, 6.07) is 6.53. The summed E-state index contributed by atoms with van der Waals surface area (Å²) in [6.07, 6.45) is 2.47. The number of halogens is 1. The van der Waals surface area contributed by atoms with Crippen LogP contribution >= 0.6 is 11.3 Å². The molecule has 1 amide bonds. The van der Waals surface area contributed by atoms with E-state index in [2.05, 4.69) is 23.7 Å². The molecule has 1 saturated heterocycles. The number of nitrogens with zero attached hydrogens (tertiary/aromatic N) is 3. The highest BCUT2D eigenvalue weighted by atomic mass is 32.1. The van der Waals surface area contributed by atoms with Crippen molar-refractivity contribution in [2.45, 2.75) is 46.2 Å². The van der Waals surface area contributed by atoms with Gasteiger partial charge in [0.2, 0.25) is 5.91 Å². The molecule has 0 unspecified atom stereocenters. The minimum Gasteiger partial charge on any atom is -0.294 e. The molecule has 0 radical (unpaired) electrons. The number of amides is 1. The minimum atomic E-state index is -0.319. The maximum absolute atomic E-state index is 13.2. The van der Waals surface area contributed by atoms with E-state index in [0.29, 0.717) is 22.8 Å². The molecule has 0 aliphatic carbocycles. The number of rotatable bonds is 5. The zero-order valence-electron chi connectivity index (χ0n) is 14.9. The van der Waals surface area contributed by atoms with E-state index in [1.807, 2.05) is 5.38 Å². The van der Waals surface area contributed by atoms with Crippen LogP contribution in [-0.2, 0) is 11.3 Å². The van der Waals surface area contributed by atoms with Crippen molar-refractivity contribution in [3.63, 3.8) is 0 Å². The van der Waals surface area contributed by atoms with Crippen molar-refractivity contribution in [1.29, 1.82) is 0 Å². The van der Waals surface area contributed by atoms with Gasteiger partial charge >= 0.3 is 0 Å². The normalized spacial score (nSPS) is 18.0. The Balaban J connectivity index is 1.79. The van der Waals surface area contributed by atoms with E-state index in [0.717, 1.165) is 18.8 Å². The largest absolute Gasteiger partial charge is 0.294 e. The molecule has 1 fully saturated rings. The highest BCUT2D eigenvalue weighted by Gasteiger charge is 2.28. The molecule has 1 atom stereocenters. The van der Waals surface area contributed by atoms with Gasteiger partial charge in [-0.05, 0) is 49.6 Å². The predicted octanol–water partition coefficient (Wildman–Crippen LogP) is 4.59. The predicted molar refractivity (Wildman–Crippen MR) is 99.6 cm³/mol. The van der Waals surface area contributed by atoms with Crippen molar-refractivity contribution in [3.8, 4) is 0 Å². The van der Waals surface area contributed by atoms with Gasteiger partial charge in [0, 0.05) is 24.9 Å². The first kappa shape index (κ1) is 18.0. The average molecular weight is 361 g/mol. The van der Waals surface area contributed by atoms with Gasteiger partial charge < -0.3 is 0 Å². The van der Waals surface area contributed by atoms with Crippen molar-refractivity contribution in [1.82, 2.24) is 9.88 Å². The number of benzene rings is 1. The lowest BCUT2D eigenvalue weighted by Crippen LogP contribution is -2.33. The number of aromatic nitrogens is 1. The molecule has 134 valence electrons. The first-order valence-electron chi connectivity index (χ1n) is 8.70. The number of carbonyl (C=O) groups is 1. The molecule has 1 aliphatic rings. The smallest absolute Gasteiger partial charge is 0.230 e. The lowest BCUT2D eigenvalue weighted by atomic mass is 10.0. The summed E-state index contributed by atoms with van der Waals surface area (Å²) < 4.78 is 13.2. The molecule has 1 aromatic heterocycles. The summed E-state index contributed by atoms with van der Waals surface area (Å²) in [5.41, 5.74) is 1.62. The van der Waals surface area contributed by atoms with Crippen LogP contribution in [0.1, 0.15) is 39.3 Å². The second-order valence-corrected chi connectivity index (χ2v) is 7.71. The Morgan fingerprint density at radius 1 is 1.40 bits per heavy atom. The molecular weight excluding hydrogens is 337 g/mol. The highest BCUT2D eigenvalue weighted by molar-refractivity contribution is 7.14. The zero-order valence-corrected chi connectivity index (χ0v) is 15.7. The van der Waals surface area contributed by atoms with Crippen molar-refractivity contribution >= 4 is 28.1 Å². The monoisotopic (exact) mass is 361 g/mol. The van der Waals surface area contributed by atoms with Crippen molar-refractivity contribution in [3.05, 3.63) is 41.2 Å². The number of anilines is 2. The Bertz CT molecular complexity index is 729. The van der Waals surface area contributed by atoms with Crippen molar-refractivity contribution in [2.24, 2.45) is 5.92 Å². The number of likely N-dealkylation sites (tertiary alicyclic amines) is 1. The molecular formula is C19H24FN3OS. The SMILES string of the molecule is CC(=O)N(c1ccc(F)cc1)c1nc(CN2CCC[C@@H]2C(C)C)cs1. The Morgan fingerprint density at radius 2 is 2.12 bits per heavy atom. The van der Waals surface area contributed by atoms with E-state index in [9.17, 15) is 9.18 Å². The number of hydrogen-bond acceptors (Lipinski definition) is 4. The van der Waals surface area contributed by atoms with Gasteiger partial charge in [-0.15, -0.1) is 11.3 Å². The maximum Gasteiger partial charge on any atom is 0.230 e. The molecule has 2 heterocycles. The molecule has 4 nitrogen and oxygen atoms in total. The van der Waals surface area contributed by atoms with Crippen molar-refractivity contribution in [2.75, 3.05) is 11.4 Å². The fourth-order valence-electron chi connectivity index (χ4n) is 3.50. The minimum absolute atomic E-state index is 0.131.